The first-order valence-corrected chi connectivity index (χ1v) is 9.51. The highest BCUT2D eigenvalue weighted by Crippen LogP contribution is 2.40. The Morgan fingerprint density at radius 3 is 2.61 bits per heavy atom. The van der Waals surface area contributed by atoms with Gasteiger partial charge < -0.3 is 4.90 Å². The van der Waals surface area contributed by atoms with Crippen LogP contribution in [0.15, 0.2) is 0 Å². The summed E-state index contributed by atoms with van der Waals surface area (Å²) in [7, 11) is 1.86. The number of amides is 1. The zero-order valence-electron chi connectivity index (χ0n) is 14.8. The van der Waals surface area contributed by atoms with Crippen molar-refractivity contribution in [3.05, 3.63) is 0 Å². The number of nitriles is 1. The molecule has 0 N–H and O–H groups in total. The third-order valence-electron chi connectivity index (χ3n) is 6.73. The van der Waals surface area contributed by atoms with Crippen LogP contribution < -0.4 is 0 Å². The largest absolute Gasteiger partial charge is 0.326 e. The minimum atomic E-state index is -0.551. The fraction of sp³-hybridized carbons (Fsp3) is 0.895. The van der Waals surface area contributed by atoms with Crippen LogP contribution in [-0.2, 0) is 4.79 Å². The number of hydrogen-bond donors (Lipinski definition) is 0. The average Bonchev–Trinajstić information content (AvgIpc) is 2.90. The Morgan fingerprint density at radius 2 is 1.91 bits per heavy atom. The van der Waals surface area contributed by atoms with Crippen LogP contribution in [0.2, 0.25) is 0 Å². The van der Waals surface area contributed by atoms with Gasteiger partial charge in [-0.1, -0.05) is 32.1 Å². The van der Waals surface area contributed by atoms with Crippen LogP contribution in [0.1, 0.15) is 71.1 Å². The molecule has 3 rings (SSSR count). The maximum Gasteiger partial charge on any atom is 0.237 e. The van der Waals surface area contributed by atoms with E-state index in [-0.39, 0.29) is 5.91 Å². The SMILES string of the molecule is C[C@@H]1C[C@H]2CCCC[C@@H]2N1CC(=O)N(C)C1(C#N)CCCCC1. The van der Waals surface area contributed by atoms with Gasteiger partial charge in [-0.15, -0.1) is 0 Å². The molecule has 0 aromatic carbocycles. The number of hydrogen-bond acceptors (Lipinski definition) is 3. The Labute approximate surface area is 140 Å². The fourth-order valence-electron chi connectivity index (χ4n) is 5.23. The molecule has 0 aromatic rings. The van der Waals surface area contributed by atoms with Crippen LogP contribution in [0.5, 0.6) is 0 Å². The van der Waals surface area contributed by atoms with Crippen molar-refractivity contribution in [3.8, 4) is 6.07 Å². The van der Waals surface area contributed by atoms with Crippen LogP contribution in [0.4, 0.5) is 0 Å². The molecular weight excluding hydrogens is 286 g/mol. The molecule has 128 valence electrons. The summed E-state index contributed by atoms with van der Waals surface area (Å²) in [5.41, 5.74) is -0.551. The van der Waals surface area contributed by atoms with Gasteiger partial charge >= 0.3 is 0 Å². The Kier molecular flexibility index (Phi) is 4.96. The van der Waals surface area contributed by atoms with Crippen LogP contribution in [0, 0.1) is 17.2 Å². The average molecular weight is 317 g/mol. The number of carbonyl (C=O) groups is 1. The smallest absolute Gasteiger partial charge is 0.237 e. The van der Waals surface area contributed by atoms with Gasteiger partial charge in [0, 0.05) is 19.1 Å². The number of likely N-dealkylation sites (tertiary alicyclic amines) is 1. The first kappa shape index (κ1) is 16.8. The summed E-state index contributed by atoms with van der Waals surface area (Å²) in [5, 5.41) is 9.70. The van der Waals surface area contributed by atoms with Crippen molar-refractivity contribution in [2.45, 2.75) is 88.8 Å². The molecule has 23 heavy (non-hydrogen) atoms. The molecule has 2 aliphatic carbocycles. The van der Waals surface area contributed by atoms with Gasteiger partial charge in [-0.2, -0.15) is 5.26 Å². The molecule has 0 radical (unpaired) electrons. The molecule has 3 fully saturated rings. The molecule has 0 bridgehead atoms. The van der Waals surface area contributed by atoms with Gasteiger partial charge in [0.1, 0.15) is 5.54 Å². The lowest BCUT2D eigenvalue weighted by molar-refractivity contribution is -0.137. The summed E-state index contributed by atoms with van der Waals surface area (Å²) >= 11 is 0. The van der Waals surface area contributed by atoms with E-state index in [0.717, 1.165) is 31.6 Å². The molecule has 4 heteroatoms. The molecule has 1 saturated heterocycles. The zero-order valence-corrected chi connectivity index (χ0v) is 14.8. The van der Waals surface area contributed by atoms with Crippen molar-refractivity contribution in [1.29, 1.82) is 5.26 Å². The zero-order chi connectivity index (χ0) is 16.4. The lowest BCUT2D eigenvalue weighted by atomic mass is 9.81. The van der Waals surface area contributed by atoms with E-state index in [0.29, 0.717) is 18.6 Å². The number of fused-ring (bicyclic) bond motifs is 1. The summed E-state index contributed by atoms with van der Waals surface area (Å²) in [6.07, 6.45) is 11.5. The second-order valence-corrected chi connectivity index (χ2v) is 8.03. The summed E-state index contributed by atoms with van der Waals surface area (Å²) in [6, 6.07) is 3.58. The van der Waals surface area contributed by atoms with Gasteiger partial charge in [0.05, 0.1) is 12.6 Å². The van der Waals surface area contributed by atoms with E-state index in [1.807, 2.05) is 7.05 Å². The van der Waals surface area contributed by atoms with E-state index in [1.54, 1.807) is 4.90 Å². The normalized spacial score (nSPS) is 33.7. The summed E-state index contributed by atoms with van der Waals surface area (Å²) in [6.45, 7) is 2.77. The Bertz CT molecular complexity index is 477. The van der Waals surface area contributed by atoms with Crippen LogP contribution in [-0.4, -0.2) is 46.9 Å². The molecule has 3 aliphatic rings. The number of carbonyl (C=O) groups excluding carboxylic acids is 1. The lowest BCUT2D eigenvalue weighted by Gasteiger charge is -2.41. The Hall–Kier alpha value is -1.08. The van der Waals surface area contributed by atoms with Crippen LogP contribution >= 0.6 is 0 Å². The van der Waals surface area contributed by atoms with E-state index in [2.05, 4.69) is 17.9 Å². The maximum absolute atomic E-state index is 12.9. The first-order valence-electron chi connectivity index (χ1n) is 9.51. The van der Waals surface area contributed by atoms with Gasteiger partial charge in [0.25, 0.3) is 0 Å². The van der Waals surface area contributed by atoms with Gasteiger partial charge in [-0.3, -0.25) is 9.69 Å². The summed E-state index contributed by atoms with van der Waals surface area (Å²) < 4.78 is 0. The maximum atomic E-state index is 12.9. The number of likely N-dealkylation sites (N-methyl/N-ethyl adjacent to an activating group) is 1. The predicted molar refractivity (Wildman–Crippen MR) is 90.7 cm³/mol. The molecule has 2 saturated carbocycles. The standard InChI is InChI=1S/C19H31N3O/c1-15-12-16-8-4-5-9-17(16)22(15)13-18(23)21(2)19(14-20)10-6-3-7-11-19/h15-17H,3-13H2,1-2H3/t15-,16-,17+/m1/s1. The van der Waals surface area contributed by atoms with Crippen LogP contribution in [0.3, 0.4) is 0 Å². The number of nitrogens with zero attached hydrogens (tertiary/aromatic N) is 3. The second-order valence-electron chi connectivity index (χ2n) is 8.03. The van der Waals surface area contributed by atoms with E-state index >= 15 is 0 Å². The van der Waals surface area contributed by atoms with Gasteiger partial charge in [0.2, 0.25) is 5.91 Å². The molecule has 0 aromatic heterocycles. The van der Waals surface area contributed by atoms with Gasteiger partial charge in [-0.25, -0.2) is 0 Å². The fourth-order valence-corrected chi connectivity index (χ4v) is 5.23. The van der Waals surface area contributed by atoms with Gasteiger partial charge in [-0.05, 0) is 44.9 Å². The topological polar surface area (TPSA) is 47.3 Å². The lowest BCUT2D eigenvalue weighted by Crippen LogP contribution is -2.54. The molecule has 0 unspecified atom stereocenters. The van der Waals surface area contributed by atoms with Crippen molar-refractivity contribution in [2.75, 3.05) is 13.6 Å². The molecule has 3 atom stereocenters. The van der Waals surface area contributed by atoms with Crippen molar-refractivity contribution in [3.63, 3.8) is 0 Å². The predicted octanol–water partition coefficient (Wildman–Crippen LogP) is 3.32. The monoisotopic (exact) mass is 317 g/mol. The second kappa shape index (κ2) is 6.81. The van der Waals surface area contributed by atoms with Crippen molar-refractivity contribution < 1.29 is 4.79 Å². The summed E-state index contributed by atoms with van der Waals surface area (Å²) in [5.74, 6) is 0.933. The van der Waals surface area contributed by atoms with Gasteiger partial charge in [0.15, 0.2) is 0 Å². The van der Waals surface area contributed by atoms with Crippen molar-refractivity contribution >= 4 is 5.91 Å². The molecule has 1 heterocycles. The highest BCUT2D eigenvalue weighted by atomic mass is 16.2. The highest BCUT2D eigenvalue weighted by molar-refractivity contribution is 5.79. The number of rotatable bonds is 3. The minimum absolute atomic E-state index is 0.145. The third-order valence-corrected chi connectivity index (χ3v) is 6.73. The first-order chi connectivity index (χ1) is 11.1. The van der Waals surface area contributed by atoms with E-state index in [9.17, 15) is 10.1 Å². The van der Waals surface area contributed by atoms with Crippen LogP contribution in [0.25, 0.3) is 0 Å². The minimum Gasteiger partial charge on any atom is -0.326 e. The van der Waals surface area contributed by atoms with Crippen molar-refractivity contribution in [2.24, 2.45) is 5.92 Å². The van der Waals surface area contributed by atoms with Crippen molar-refractivity contribution in [1.82, 2.24) is 9.80 Å². The van der Waals surface area contributed by atoms with E-state index < -0.39 is 5.54 Å². The molecule has 0 spiro atoms. The molecular formula is C19H31N3O. The quantitative estimate of drug-likeness (QED) is 0.802. The van der Waals surface area contributed by atoms with E-state index in [4.69, 9.17) is 0 Å². The Morgan fingerprint density at radius 1 is 1.22 bits per heavy atom. The summed E-state index contributed by atoms with van der Waals surface area (Å²) in [4.78, 5) is 17.1. The highest BCUT2D eigenvalue weighted by Gasteiger charge is 2.43. The molecule has 1 aliphatic heterocycles. The van der Waals surface area contributed by atoms with E-state index in [1.165, 1.54) is 38.5 Å². The molecule has 1 amide bonds. The Balaban J connectivity index is 1.67. The third kappa shape index (κ3) is 3.13. The molecule has 4 nitrogen and oxygen atoms in total.